The number of hydrogen-bond donors (Lipinski definition) is 2. The van der Waals surface area contributed by atoms with Gasteiger partial charge in [-0.3, -0.25) is 19.1 Å². The number of nitrogens with zero attached hydrogens (tertiary/aromatic N) is 6. The number of benzene rings is 1. The summed E-state index contributed by atoms with van der Waals surface area (Å²) in [5.74, 6) is -0.520. The van der Waals surface area contributed by atoms with E-state index in [2.05, 4.69) is 20.7 Å². The molecule has 1 aromatic carbocycles. The third-order valence-electron chi connectivity index (χ3n) is 8.69. The van der Waals surface area contributed by atoms with E-state index in [1.54, 1.807) is 4.90 Å². The number of amides is 3. The molecule has 2 aromatic heterocycles. The number of imidazole rings is 1. The van der Waals surface area contributed by atoms with Gasteiger partial charge in [-0.2, -0.15) is 18.3 Å². The Balaban J connectivity index is 0.00000417. The maximum Gasteiger partial charge on any atom is 0.435 e. The number of alkyl halides is 3. The van der Waals surface area contributed by atoms with Gasteiger partial charge in [0.15, 0.2) is 11.5 Å². The number of nitrogens with one attached hydrogen (secondary N) is 2. The van der Waals surface area contributed by atoms with Gasteiger partial charge in [-0.15, -0.1) is 12.4 Å². The smallest absolute Gasteiger partial charge is 0.339 e. The number of hydrogen-bond acceptors (Lipinski definition) is 6. The van der Waals surface area contributed by atoms with Crippen molar-refractivity contribution in [2.45, 2.75) is 44.3 Å². The number of halogens is 5. The minimum absolute atomic E-state index is 0. The van der Waals surface area contributed by atoms with Crippen molar-refractivity contribution in [2.24, 2.45) is 13.0 Å². The first kappa shape index (κ1) is 33.7. The first-order valence-electron chi connectivity index (χ1n) is 15.1. The molecular weight excluding hydrogens is 648 g/mol. The van der Waals surface area contributed by atoms with E-state index in [1.807, 2.05) is 4.90 Å². The van der Waals surface area contributed by atoms with Gasteiger partial charge in [0, 0.05) is 51.5 Å². The van der Waals surface area contributed by atoms with Gasteiger partial charge in [0.05, 0.1) is 34.1 Å². The van der Waals surface area contributed by atoms with E-state index in [1.165, 1.54) is 46.9 Å². The lowest BCUT2D eigenvalue weighted by Gasteiger charge is -2.36. The van der Waals surface area contributed by atoms with Gasteiger partial charge in [-0.25, -0.2) is 4.98 Å². The summed E-state index contributed by atoms with van der Waals surface area (Å²) in [6, 6.07) is 4.43. The molecule has 4 heterocycles. The van der Waals surface area contributed by atoms with Gasteiger partial charge >= 0.3 is 6.18 Å². The highest BCUT2D eigenvalue weighted by Crippen LogP contribution is 2.41. The molecule has 0 spiro atoms. The quantitative estimate of drug-likeness (QED) is 0.375. The van der Waals surface area contributed by atoms with E-state index in [4.69, 9.17) is 11.6 Å². The average Bonchev–Trinajstić information content (AvgIpc) is 3.64. The van der Waals surface area contributed by atoms with E-state index < -0.39 is 17.8 Å². The highest BCUT2D eigenvalue weighted by Gasteiger charge is 2.40. The zero-order valence-electron chi connectivity index (χ0n) is 25.1. The second kappa shape index (κ2) is 13.6. The van der Waals surface area contributed by atoms with E-state index in [0.29, 0.717) is 38.5 Å². The molecule has 2 N–H and O–H groups in total. The lowest BCUT2D eigenvalue weighted by atomic mass is 9.94. The van der Waals surface area contributed by atoms with Crippen LogP contribution in [-0.2, 0) is 18.0 Å². The normalized spacial score (nSPS) is 17.5. The number of anilines is 1. The third kappa shape index (κ3) is 7.18. The Morgan fingerprint density at radius 3 is 2.35 bits per heavy atom. The summed E-state index contributed by atoms with van der Waals surface area (Å²) in [4.78, 5) is 46.6. The van der Waals surface area contributed by atoms with Crippen LogP contribution < -0.4 is 10.6 Å². The topological polar surface area (TPSA) is 117 Å². The van der Waals surface area contributed by atoms with E-state index in [-0.39, 0.29) is 63.6 Å². The Hall–Kier alpha value is -3.62. The summed E-state index contributed by atoms with van der Waals surface area (Å²) >= 11 is 6.46. The van der Waals surface area contributed by atoms with Crippen molar-refractivity contribution < 1.29 is 27.6 Å². The monoisotopic (exact) mass is 682 g/mol. The summed E-state index contributed by atoms with van der Waals surface area (Å²) in [6.45, 7) is 3.57. The molecule has 3 amide bonds. The molecule has 2 aliphatic heterocycles. The number of carbonyl (C=O) groups excluding carboxylic acids is 3. The van der Waals surface area contributed by atoms with Crippen LogP contribution in [0.1, 0.15) is 64.8 Å². The highest BCUT2D eigenvalue weighted by molar-refractivity contribution is 6.34. The Kier molecular flexibility index (Phi) is 9.99. The largest absolute Gasteiger partial charge is 0.435 e. The molecule has 6 rings (SSSR count). The minimum atomic E-state index is -4.67. The summed E-state index contributed by atoms with van der Waals surface area (Å²) in [5, 5.41) is 9.86. The molecule has 0 unspecified atom stereocenters. The Bertz CT molecular complexity index is 1610. The zero-order chi connectivity index (χ0) is 31.9. The van der Waals surface area contributed by atoms with Crippen molar-refractivity contribution in [3.8, 4) is 11.3 Å². The zero-order valence-corrected chi connectivity index (χ0v) is 26.7. The van der Waals surface area contributed by atoms with Crippen molar-refractivity contribution in [2.75, 3.05) is 44.6 Å². The first-order valence-corrected chi connectivity index (χ1v) is 15.4. The predicted octanol–water partition coefficient (Wildman–Crippen LogP) is 4.64. The lowest BCUT2D eigenvalue weighted by molar-refractivity contribution is -0.141. The van der Waals surface area contributed by atoms with Gasteiger partial charge in [0.25, 0.3) is 11.8 Å². The molecule has 2 saturated heterocycles. The van der Waals surface area contributed by atoms with Crippen LogP contribution in [0.4, 0.5) is 18.9 Å². The predicted molar refractivity (Wildman–Crippen MR) is 167 cm³/mol. The molecule has 0 radical (unpaired) electrons. The van der Waals surface area contributed by atoms with Crippen molar-refractivity contribution in [3.63, 3.8) is 0 Å². The molecule has 3 fully saturated rings. The van der Waals surface area contributed by atoms with Crippen molar-refractivity contribution in [1.29, 1.82) is 0 Å². The van der Waals surface area contributed by atoms with E-state index in [0.717, 1.165) is 38.8 Å². The van der Waals surface area contributed by atoms with Crippen molar-refractivity contribution >= 4 is 47.4 Å². The molecule has 1 saturated carbocycles. The second-order valence-electron chi connectivity index (χ2n) is 11.8. The molecule has 46 heavy (non-hydrogen) atoms. The Labute approximate surface area is 274 Å². The Morgan fingerprint density at radius 1 is 1.04 bits per heavy atom. The maximum absolute atomic E-state index is 13.7. The minimum Gasteiger partial charge on any atom is -0.339 e. The Morgan fingerprint density at radius 2 is 1.72 bits per heavy atom. The summed E-state index contributed by atoms with van der Waals surface area (Å²) < 4.78 is 43.9. The van der Waals surface area contributed by atoms with Crippen LogP contribution in [0, 0.1) is 5.92 Å². The summed E-state index contributed by atoms with van der Waals surface area (Å²) in [6.07, 6.45) is 1.95. The van der Waals surface area contributed by atoms with E-state index >= 15 is 0 Å². The molecule has 11 nitrogen and oxygen atoms in total. The molecule has 3 aromatic rings. The summed E-state index contributed by atoms with van der Waals surface area (Å²) in [7, 11) is 1.46. The van der Waals surface area contributed by atoms with E-state index in [9.17, 15) is 27.6 Å². The molecule has 1 aliphatic carbocycles. The molecule has 0 atom stereocenters. The highest BCUT2D eigenvalue weighted by atomic mass is 35.5. The number of carbonyl (C=O) groups is 3. The van der Waals surface area contributed by atoms with Crippen LogP contribution in [0.3, 0.4) is 0 Å². The average molecular weight is 684 g/mol. The number of piperazine rings is 1. The van der Waals surface area contributed by atoms with Gasteiger partial charge < -0.3 is 25.0 Å². The van der Waals surface area contributed by atoms with Crippen molar-refractivity contribution in [1.82, 2.24) is 34.4 Å². The fourth-order valence-electron chi connectivity index (χ4n) is 5.93. The molecule has 3 aliphatic rings. The van der Waals surface area contributed by atoms with Crippen molar-refractivity contribution in [3.05, 3.63) is 52.7 Å². The fourth-order valence-corrected chi connectivity index (χ4v) is 6.19. The van der Waals surface area contributed by atoms with Crippen LogP contribution >= 0.6 is 24.0 Å². The SMILES string of the molecule is Cl.Cn1c(-c2cn(C3CC3)nc2C(F)(F)F)cnc1C(=O)Nc1ccc(C(=O)N2CCN(C(=O)CC3CCNCC3)CC2)c(Cl)c1. The van der Waals surface area contributed by atoms with Gasteiger partial charge in [0.1, 0.15) is 0 Å². The van der Waals surface area contributed by atoms with Gasteiger partial charge in [-0.05, 0) is 62.9 Å². The fraction of sp³-hybridized carbons (Fsp3) is 0.500. The van der Waals surface area contributed by atoms with Crippen LogP contribution in [0.5, 0.6) is 0 Å². The van der Waals surface area contributed by atoms with Crippen LogP contribution in [0.15, 0.2) is 30.6 Å². The standard InChI is InChI=1S/C30H34ClF3N8O3.ClH/c1-39-24(22-17-42(20-3-4-20)38-26(22)30(32,33)34)16-36-27(39)28(44)37-19-2-5-21(23(31)15-19)29(45)41-12-10-40(11-13-41)25(43)14-18-6-8-35-9-7-18;/h2,5,15-18,20,35H,3-4,6-14H2,1H3,(H,37,44);1H. The molecular formula is C30H35Cl2F3N8O3. The van der Waals surface area contributed by atoms with Crippen LogP contribution in [0.25, 0.3) is 11.3 Å². The molecule has 0 bridgehead atoms. The summed E-state index contributed by atoms with van der Waals surface area (Å²) in [5.41, 5.74) is -0.526. The number of rotatable bonds is 7. The number of aromatic nitrogens is 4. The second-order valence-corrected chi connectivity index (χ2v) is 12.3. The van der Waals surface area contributed by atoms with Gasteiger partial charge in [0.2, 0.25) is 5.91 Å². The van der Waals surface area contributed by atoms with Crippen LogP contribution in [0.2, 0.25) is 5.02 Å². The third-order valence-corrected chi connectivity index (χ3v) is 9.00. The maximum atomic E-state index is 13.7. The molecule has 248 valence electrons. The van der Waals surface area contributed by atoms with Gasteiger partial charge in [-0.1, -0.05) is 11.6 Å². The lowest BCUT2D eigenvalue weighted by Crippen LogP contribution is -2.51. The molecule has 16 heteroatoms. The number of piperidine rings is 1. The first-order chi connectivity index (χ1) is 21.5. The van der Waals surface area contributed by atoms with Crippen LogP contribution in [-0.4, -0.2) is 86.1 Å².